The average molecular weight is 298 g/mol. The first kappa shape index (κ1) is 21.2. The zero-order chi connectivity index (χ0) is 15.0. The highest BCUT2D eigenvalue weighted by Crippen LogP contribution is 1.99. The number of rotatable bonds is 11. The van der Waals surface area contributed by atoms with E-state index in [1.807, 2.05) is 6.92 Å². The van der Waals surface area contributed by atoms with Crippen LogP contribution in [-0.4, -0.2) is 34.4 Å². The van der Waals surface area contributed by atoms with Crippen LogP contribution in [0.3, 0.4) is 0 Å². The van der Waals surface area contributed by atoms with Crippen molar-refractivity contribution in [1.82, 2.24) is 4.72 Å². The molecule has 120 valence electrons. The fraction of sp³-hybridized carbons (Fsp3) is 1.00. The van der Waals surface area contributed by atoms with Crippen molar-refractivity contribution in [3.05, 3.63) is 0 Å². The molecule has 0 atom stereocenters. The summed E-state index contributed by atoms with van der Waals surface area (Å²) in [6.45, 7) is 8.82. The number of sulfonamides is 1. The zero-order valence-corrected chi connectivity index (χ0v) is 14.0. The summed E-state index contributed by atoms with van der Waals surface area (Å²) < 4.78 is 28.3. The molecule has 5 heteroatoms. The summed E-state index contributed by atoms with van der Waals surface area (Å²) in [6.07, 6.45) is 9.71. The lowest BCUT2D eigenvalue weighted by Crippen LogP contribution is -2.22. The number of nitrogens with one attached hydrogen (secondary N) is 1. The Morgan fingerprint density at radius 2 is 1.47 bits per heavy atom. The zero-order valence-electron chi connectivity index (χ0n) is 13.2. The second kappa shape index (κ2) is 15.9. The van der Waals surface area contributed by atoms with E-state index in [1.165, 1.54) is 38.5 Å². The normalized spacial score (nSPS) is 10.9. The second-order valence-electron chi connectivity index (χ2n) is 4.69. The van der Waals surface area contributed by atoms with Gasteiger partial charge in [-0.15, -0.1) is 0 Å². The van der Waals surface area contributed by atoms with Crippen LogP contribution in [0.5, 0.6) is 0 Å². The molecule has 0 aliphatic rings. The van der Waals surface area contributed by atoms with Crippen LogP contribution in [0.4, 0.5) is 0 Å². The van der Waals surface area contributed by atoms with E-state index in [-0.39, 0.29) is 1.43 Å². The number of ether oxygens (including phenoxy) is 1. The number of hydrogen-bond donors (Lipinski definition) is 1. The van der Waals surface area contributed by atoms with E-state index in [9.17, 15) is 8.42 Å². The van der Waals surface area contributed by atoms with Crippen molar-refractivity contribution in [3.63, 3.8) is 0 Å². The van der Waals surface area contributed by atoms with Gasteiger partial charge >= 0.3 is 0 Å². The third kappa shape index (κ3) is 27.2. The standard InChI is InChI=1S/C10H22O.C4H11NO2S.H2/c1-3-5-7-8-10-11-9-6-4-2;1-3-4-5-8(2,6)7;/h3-10H2,1-2H3;5H,3-4H2,1-2H3;1H. The van der Waals surface area contributed by atoms with E-state index in [4.69, 9.17) is 4.74 Å². The SMILES string of the molecule is CCCCCCOCCCC.CCCNS(C)(=O)=O.[HH]. The lowest BCUT2D eigenvalue weighted by molar-refractivity contribution is 0.127. The fourth-order valence-corrected chi connectivity index (χ4v) is 1.84. The van der Waals surface area contributed by atoms with E-state index in [2.05, 4.69) is 18.6 Å². The van der Waals surface area contributed by atoms with E-state index in [0.717, 1.165) is 25.9 Å². The van der Waals surface area contributed by atoms with Gasteiger partial charge in [0.25, 0.3) is 0 Å². The Kier molecular flexibility index (Phi) is 17.7. The Morgan fingerprint density at radius 3 is 1.89 bits per heavy atom. The molecule has 0 aromatic rings. The van der Waals surface area contributed by atoms with Gasteiger partial charge in [-0.3, -0.25) is 0 Å². The van der Waals surface area contributed by atoms with Crippen molar-refractivity contribution in [2.75, 3.05) is 26.0 Å². The third-order valence-electron chi connectivity index (χ3n) is 2.40. The molecule has 0 aromatic carbocycles. The lowest BCUT2D eigenvalue weighted by atomic mass is 10.2. The van der Waals surface area contributed by atoms with Gasteiger partial charge in [0.2, 0.25) is 10.0 Å². The molecule has 0 amide bonds. The minimum atomic E-state index is -2.94. The second-order valence-corrected chi connectivity index (χ2v) is 6.53. The topological polar surface area (TPSA) is 55.4 Å². The summed E-state index contributed by atoms with van der Waals surface area (Å²) in [5.74, 6) is 0. The molecular weight excluding hydrogens is 262 g/mol. The first-order chi connectivity index (χ1) is 8.97. The third-order valence-corrected chi connectivity index (χ3v) is 3.13. The Labute approximate surface area is 121 Å². The van der Waals surface area contributed by atoms with Gasteiger partial charge in [0.1, 0.15) is 0 Å². The van der Waals surface area contributed by atoms with Crippen molar-refractivity contribution in [1.29, 1.82) is 0 Å². The first-order valence-electron chi connectivity index (χ1n) is 7.50. The van der Waals surface area contributed by atoms with Crippen LogP contribution < -0.4 is 4.72 Å². The molecule has 0 fully saturated rings. The van der Waals surface area contributed by atoms with Crippen LogP contribution in [0, 0.1) is 0 Å². The van der Waals surface area contributed by atoms with Crippen LogP contribution in [0.1, 0.15) is 67.1 Å². The smallest absolute Gasteiger partial charge is 0.208 e. The highest BCUT2D eigenvalue weighted by molar-refractivity contribution is 7.88. The van der Waals surface area contributed by atoms with E-state index < -0.39 is 10.0 Å². The summed E-state index contributed by atoms with van der Waals surface area (Å²) >= 11 is 0. The molecule has 0 saturated carbocycles. The van der Waals surface area contributed by atoms with Crippen LogP contribution in [-0.2, 0) is 14.8 Å². The van der Waals surface area contributed by atoms with Gasteiger partial charge in [-0.05, 0) is 19.3 Å². The molecule has 4 nitrogen and oxygen atoms in total. The Bertz CT molecular complexity index is 251. The summed E-state index contributed by atoms with van der Waals surface area (Å²) in [5, 5.41) is 0. The van der Waals surface area contributed by atoms with E-state index in [1.54, 1.807) is 0 Å². The largest absolute Gasteiger partial charge is 0.381 e. The molecule has 0 spiro atoms. The highest BCUT2D eigenvalue weighted by atomic mass is 32.2. The van der Waals surface area contributed by atoms with Gasteiger partial charge in [-0.25, -0.2) is 13.1 Å². The minimum Gasteiger partial charge on any atom is -0.381 e. The van der Waals surface area contributed by atoms with Crippen LogP contribution in [0.25, 0.3) is 0 Å². The molecule has 19 heavy (non-hydrogen) atoms. The van der Waals surface area contributed by atoms with Crippen molar-refractivity contribution < 1.29 is 14.6 Å². The predicted octanol–water partition coefficient (Wildman–Crippen LogP) is 3.58. The Hall–Kier alpha value is -0.130. The molecule has 0 rings (SSSR count). The average Bonchev–Trinajstić information content (AvgIpc) is 2.35. The molecule has 0 heterocycles. The summed E-state index contributed by atoms with van der Waals surface area (Å²) in [7, 11) is -2.94. The lowest BCUT2D eigenvalue weighted by Gasteiger charge is -2.01. The maximum absolute atomic E-state index is 10.3. The Balaban J connectivity index is -0.000000288. The maximum Gasteiger partial charge on any atom is 0.208 e. The highest BCUT2D eigenvalue weighted by Gasteiger charge is 1.94. The molecule has 0 unspecified atom stereocenters. The first-order valence-corrected chi connectivity index (χ1v) is 9.39. The summed E-state index contributed by atoms with van der Waals surface area (Å²) in [4.78, 5) is 0. The number of unbranched alkanes of at least 4 members (excludes halogenated alkanes) is 4. The molecule has 0 radical (unpaired) electrons. The van der Waals surface area contributed by atoms with E-state index >= 15 is 0 Å². The maximum atomic E-state index is 10.3. The fourth-order valence-electron chi connectivity index (χ4n) is 1.27. The quantitative estimate of drug-likeness (QED) is 0.593. The minimum absolute atomic E-state index is 0. The van der Waals surface area contributed by atoms with Gasteiger partial charge in [-0.2, -0.15) is 0 Å². The van der Waals surface area contributed by atoms with Gasteiger partial charge in [0, 0.05) is 21.2 Å². The van der Waals surface area contributed by atoms with Crippen molar-refractivity contribution in [3.8, 4) is 0 Å². The van der Waals surface area contributed by atoms with Crippen molar-refractivity contribution in [2.45, 2.75) is 65.7 Å². The molecular formula is C14H35NO3S. The van der Waals surface area contributed by atoms with Crippen LogP contribution in [0.2, 0.25) is 0 Å². The van der Waals surface area contributed by atoms with Crippen molar-refractivity contribution >= 4 is 10.0 Å². The summed E-state index contributed by atoms with van der Waals surface area (Å²) in [6, 6.07) is 0. The molecule has 0 aliphatic carbocycles. The molecule has 0 aliphatic heterocycles. The summed E-state index contributed by atoms with van der Waals surface area (Å²) in [5.41, 5.74) is 0. The van der Waals surface area contributed by atoms with E-state index in [0.29, 0.717) is 6.54 Å². The van der Waals surface area contributed by atoms with Crippen molar-refractivity contribution in [2.24, 2.45) is 0 Å². The van der Waals surface area contributed by atoms with Gasteiger partial charge < -0.3 is 4.74 Å². The predicted molar refractivity (Wildman–Crippen MR) is 85.1 cm³/mol. The molecule has 0 bridgehead atoms. The van der Waals surface area contributed by atoms with Crippen LogP contribution in [0.15, 0.2) is 0 Å². The Morgan fingerprint density at radius 1 is 0.895 bits per heavy atom. The van der Waals surface area contributed by atoms with Crippen LogP contribution >= 0.6 is 0 Å². The van der Waals surface area contributed by atoms with Gasteiger partial charge in [0.05, 0.1) is 6.26 Å². The molecule has 0 saturated heterocycles. The molecule has 1 N–H and O–H groups in total. The van der Waals surface area contributed by atoms with Gasteiger partial charge in [0.15, 0.2) is 0 Å². The monoisotopic (exact) mass is 297 g/mol. The molecule has 0 aromatic heterocycles. The number of hydrogen-bond acceptors (Lipinski definition) is 3. The van der Waals surface area contributed by atoms with Gasteiger partial charge in [-0.1, -0.05) is 46.5 Å².